The average Bonchev–Trinajstić information content (AvgIpc) is 3.31. The Labute approximate surface area is 167 Å². The van der Waals surface area contributed by atoms with Crippen LogP contribution in [-0.4, -0.2) is 47.7 Å². The molecular weight excluding hydrogens is 374 g/mol. The molecule has 3 aliphatic rings. The molecule has 1 atom stereocenters. The van der Waals surface area contributed by atoms with Gasteiger partial charge in [-0.05, 0) is 47.4 Å². The number of piperidine rings is 1. The fourth-order valence-electron chi connectivity index (χ4n) is 4.62. The standard InChI is InChI=1S/C21H23N3O3S/c25-18(11-15-5-10-28-12-15)24-8-6-20(7-9-24)13-21(14-27-20)22-17-4-2-1-3-16(17)19(26)23-21/h1-5,10,12,22H,6-9,11,13-14H2,(H,23,26). The smallest absolute Gasteiger partial charge is 0.255 e. The fourth-order valence-corrected chi connectivity index (χ4v) is 5.29. The summed E-state index contributed by atoms with van der Waals surface area (Å²) in [6, 6.07) is 9.57. The molecule has 3 aliphatic heterocycles. The Kier molecular flexibility index (Phi) is 4.17. The fraction of sp³-hybridized carbons (Fsp3) is 0.429. The van der Waals surface area contributed by atoms with E-state index in [1.807, 2.05) is 46.0 Å². The minimum Gasteiger partial charge on any atom is -0.370 e. The quantitative estimate of drug-likeness (QED) is 0.817. The number of amides is 2. The first-order valence-corrected chi connectivity index (χ1v) is 10.6. The van der Waals surface area contributed by atoms with Gasteiger partial charge in [-0.3, -0.25) is 9.59 Å². The van der Waals surface area contributed by atoms with Crippen LogP contribution in [0.3, 0.4) is 0 Å². The molecule has 6 nitrogen and oxygen atoms in total. The van der Waals surface area contributed by atoms with Gasteiger partial charge in [-0.1, -0.05) is 12.1 Å². The maximum absolute atomic E-state index is 12.6. The van der Waals surface area contributed by atoms with E-state index in [0.29, 0.717) is 38.1 Å². The first kappa shape index (κ1) is 17.7. The summed E-state index contributed by atoms with van der Waals surface area (Å²) in [5.41, 5.74) is 1.76. The van der Waals surface area contributed by atoms with Gasteiger partial charge in [-0.2, -0.15) is 11.3 Å². The molecule has 0 radical (unpaired) electrons. The number of benzene rings is 1. The third kappa shape index (κ3) is 3.08. The number of carbonyl (C=O) groups is 2. The Hall–Kier alpha value is -2.38. The predicted molar refractivity (Wildman–Crippen MR) is 107 cm³/mol. The van der Waals surface area contributed by atoms with E-state index < -0.39 is 5.66 Å². The van der Waals surface area contributed by atoms with E-state index in [2.05, 4.69) is 10.6 Å². The Morgan fingerprint density at radius 3 is 2.79 bits per heavy atom. The van der Waals surface area contributed by atoms with Crippen LogP contribution in [0.4, 0.5) is 5.69 Å². The van der Waals surface area contributed by atoms with Gasteiger partial charge in [0.25, 0.3) is 5.91 Å². The summed E-state index contributed by atoms with van der Waals surface area (Å²) in [5, 5.41) is 10.7. The number of anilines is 1. The molecule has 0 aliphatic carbocycles. The molecule has 2 spiro atoms. The second-order valence-electron chi connectivity index (χ2n) is 8.04. The molecular formula is C21H23N3O3S. The van der Waals surface area contributed by atoms with Crippen LogP contribution < -0.4 is 10.6 Å². The monoisotopic (exact) mass is 397 g/mol. The molecule has 1 aromatic carbocycles. The van der Waals surface area contributed by atoms with E-state index in [4.69, 9.17) is 4.74 Å². The Balaban J connectivity index is 1.24. The van der Waals surface area contributed by atoms with Gasteiger partial charge in [0.2, 0.25) is 5.91 Å². The summed E-state index contributed by atoms with van der Waals surface area (Å²) in [6.07, 6.45) is 2.77. The Morgan fingerprint density at radius 2 is 2.00 bits per heavy atom. The molecule has 2 fully saturated rings. The van der Waals surface area contributed by atoms with Gasteiger partial charge in [-0.25, -0.2) is 0 Å². The van der Waals surface area contributed by atoms with Crippen LogP contribution in [0.1, 0.15) is 35.2 Å². The van der Waals surface area contributed by atoms with Crippen LogP contribution in [0.15, 0.2) is 41.1 Å². The van der Waals surface area contributed by atoms with Crippen LogP contribution >= 0.6 is 11.3 Å². The van der Waals surface area contributed by atoms with Gasteiger partial charge in [-0.15, -0.1) is 0 Å². The zero-order chi connectivity index (χ0) is 19.2. The minimum atomic E-state index is -0.561. The van der Waals surface area contributed by atoms with Crippen molar-refractivity contribution in [2.75, 3.05) is 25.0 Å². The molecule has 5 rings (SSSR count). The number of nitrogens with zero attached hydrogens (tertiary/aromatic N) is 1. The highest BCUT2D eigenvalue weighted by molar-refractivity contribution is 7.08. The number of hydrogen-bond acceptors (Lipinski definition) is 5. The van der Waals surface area contributed by atoms with Gasteiger partial charge in [0.05, 0.1) is 24.2 Å². The molecule has 0 bridgehead atoms. The number of nitrogens with one attached hydrogen (secondary N) is 2. The average molecular weight is 398 g/mol. The molecule has 7 heteroatoms. The van der Waals surface area contributed by atoms with Crippen molar-refractivity contribution in [3.05, 3.63) is 52.2 Å². The second kappa shape index (κ2) is 6.60. The molecule has 4 heterocycles. The summed E-state index contributed by atoms with van der Waals surface area (Å²) in [7, 11) is 0. The van der Waals surface area contributed by atoms with Gasteiger partial charge in [0.1, 0.15) is 5.66 Å². The molecule has 2 N–H and O–H groups in total. The van der Waals surface area contributed by atoms with E-state index in [1.54, 1.807) is 11.3 Å². The summed E-state index contributed by atoms with van der Waals surface area (Å²) < 4.78 is 6.26. The van der Waals surface area contributed by atoms with Crippen LogP contribution in [-0.2, 0) is 16.0 Å². The molecule has 1 unspecified atom stereocenters. The molecule has 2 saturated heterocycles. The van der Waals surface area contributed by atoms with Crippen molar-refractivity contribution in [3.63, 3.8) is 0 Å². The number of ether oxygens (including phenoxy) is 1. The SMILES string of the molecule is O=C1NC2(COC3(CCN(C(=O)Cc4ccsc4)CC3)C2)Nc2ccccc21. The summed E-state index contributed by atoms with van der Waals surface area (Å²) in [6.45, 7) is 1.84. The van der Waals surface area contributed by atoms with Gasteiger partial charge in [0.15, 0.2) is 0 Å². The number of carbonyl (C=O) groups excluding carboxylic acids is 2. The van der Waals surface area contributed by atoms with Gasteiger partial charge in [0, 0.05) is 25.2 Å². The van der Waals surface area contributed by atoms with Crippen molar-refractivity contribution in [1.82, 2.24) is 10.2 Å². The lowest BCUT2D eigenvalue weighted by Crippen LogP contribution is -2.59. The second-order valence-corrected chi connectivity index (χ2v) is 8.82. The van der Waals surface area contributed by atoms with Crippen LogP contribution in [0, 0.1) is 0 Å². The van der Waals surface area contributed by atoms with Crippen LogP contribution in [0.2, 0.25) is 0 Å². The van der Waals surface area contributed by atoms with E-state index in [0.717, 1.165) is 24.1 Å². The molecule has 0 saturated carbocycles. The highest BCUT2D eigenvalue weighted by atomic mass is 32.1. The predicted octanol–water partition coefficient (Wildman–Crippen LogP) is 2.62. The number of thiophene rings is 1. The largest absolute Gasteiger partial charge is 0.370 e. The lowest BCUT2D eigenvalue weighted by molar-refractivity contribution is -0.135. The Bertz CT molecular complexity index is 905. The first-order chi connectivity index (χ1) is 13.6. The molecule has 2 aromatic rings. The van der Waals surface area contributed by atoms with Crippen molar-refractivity contribution in [2.24, 2.45) is 0 Å². The van der Waals surface area contributed by atoms with Gasteiger partial charge >= 0.3 is 0 Å². The zero-order valence-corrected chi connectivity index (χ0v) is 16.4. The topological polar surface area (TPSA) is 70.7 Å². The molecule has 146 valence electrons. The minimum absolute atomic E-state index is 0.0571. The number of likely N-dealkylation sites (tertiary alicyclic amines) is 1. The molecule has 1 aromatic heterocycles. The van der Waals surface area contributed by atoms with Crippen molar-refractivity contribution >= 4 is 28.8 Å². The lowest BCUT2D eigenvalue weighted by atomic mass is 9.84. The first-order valence-electron chi connectivity index (χ1n) is 9.69. The van der Waals surface area contributed by atoms with E-state index in [9.17, 15) is 9.59 Å². The number of fused-ring (bicyclic) bond motifs is 1. The van der Waals surface area contributed by atoms with Crippen molar-refractivity contribution in [2.45, 2.75) is 36.9 Å². The number of para-hydroxylation sites is 1. The molecule has 28 heavy (non-hydrogen) atoms. The summed E-state index contributed by atoms with van der Waals surface area (Å²) in [4.78, 5) is 27.1. The van der Waals surface area contributed by atoms with Crippen LogP contribution in [0.25, 0.3) is 0 Å². The van der Waals surface area contributed by atoms with E-state index >= 15 is 0 Å². The van der Waals surface area contributed by atoms with Crippen molar-refractivity contribution < 1.29 is 14.3 Å². The zero-order valence-electron chi connectivity index (χ0n) is 15.6. The third-order valence-electron chi connectivity index (χ3n) is 6.11. The lowest BCUT2D eigenvalue weighted by Gasteiger charge is -2.41. The highest BCUT2D eigenvalue weighted by Gasteiger charge is 2.53. The Morgan fingerprint density at radius 1 is 1.18 bits per heavy atom. The maximum atomic E-state index is 12.6. The molecule has 2 amide bonds. The van der Waals surface area contributed by atoms with E-state index in [-0.39, 0.29) is 17.4 Å². The number of rotatable bonds is 2. The van der Waals surface area contributed by atoms with Gasteiger partial charge < -0.3 is 20.3 Å². The van der Waals surface area contributed by atoms with Crippen LogP contribution in [0.5, 0.6) is 0 Å². The highest BCUT2D eigenvalue weighted by Crippen LogP contribution is 2.42. The number of hydrogen-bond donors (Lipinski definition) is 2. The third-order valence-corrected chi connectivity index (χ3v) is 6.84. The summed E-state index contributed by atoms with van der Waals surface area (Å²) in [5.74, 6) is 0.123. The summed E-state index contributed by atoms with van der Waals surface area (Å²) >= 11 is 1.62. The van der Waals surface area contributed by atoms with E-state index in [1.165, 1.54) is 0 Å². The maximum Gasteiger partial charge on any atom is 0.255 e. The normalized spacial score (nSPS) is 25.4. The van der Waals surface area contributed by atoms with Crippen molar-refractivity contribution in [3.8, 4) is 0 Å². The van der Waals surface area contributed by atoms with Crippen molar-refractivity contribution in [1.29, 1.82) is 0 Å².